The molecular formula is C13H25N3S. The van der Waals surface area contributed by atoms with Gasteiger partial charge in [0.05, 0.1) is 0 Å². The molecule has 1 rings (SSSR count). The van der Waals surface area contributed by atoms with Crippen molar-refractivity contribution in [1.29, 1.82) is 0 Å². The zero-order valence-electron chi connectivity index (χ0n) is 10.6. The predicted octanol–water partition coefficient (Wildman–Crippen LogP) is 3.12. The van der Waals surface area contributed by atoms with Gasteiger partial charge in [-0.2, -0.15) is 0 Å². The summed E-state index contributed by atoms with van der Waals surface area (Å²) >= 11 is 4.79. The van der Waals surface area contributed by atoms with Crippen molar-refractivity contribution < 1.29 is 0 Å². The van der Waals surface area contributed by atoms with E-state index in [0.717, 1.165) is 12.8 Å². The second-order valence-corrected chi connectivity index (χ2v) is 5.15. The molecule has 0 aromatic carbocycles. The molecule has 0 saturated heterocycles. The van der Waals surface area contributed by atoms with Crippen molar-refractivity contribution in [3.05, 3.63) is 11.8 Å². The summed E-state index contributed by atoms with van der Waals surface area (Å²) < 4.78 is 0. The zero-order valence-corrected chi connectivity index (χ0v) is 11.5. The van der Waals surface area contributed by atoms with Crippen molar-refractivity contribution in [2.24, 2.45) is 5.73 Å². The number of rotatable bonds is 2. The molecule has 0 heterocycles. The Morgan fingerprint density at radius 3 is 2.24 bits per heavy atom. The fourth-order valence-electron chi connectivity index (χ4n) is 2.15. The summed E-state index contributed by atoms with van der Waals surface area (Å²) in [5, 5.41) is 0.303. The van der Waals surface area contributed by atoms with Crippen LogP contribution < -0.4 is 16.6 Å². The molecule has 4 N–H and O–H groups in total. The predicted molar refractivity (Wildman–Crippen MR) is 77.3 cm³/mol. The monoisotopic (exact) mass is 255 g/mol. The molecule has 0 atom stereocenters. The quantitative estimate of drug-likeness (QED) is 0.524. The lowest BCUT2D eigenvalue weighted by molar-refractivity contribution is 0.552. The van der Waals surface area contributed by atoms with Gasteiger partial charge in [-0.15, -0.1) is 0 Å². The van der Waals surface area contributed by atoms with Gasteiger partial charge in [0.1, 0.15) is 0 Å². The largest absolute Gasteiger partial charge is 0.375 e. The van der Waals surface area contributed by atoms with Gasteiger partial charge in [-0.05, 0) is 37.9 Å². The first-order chi connectivity index (χ1) is 8.29. The molecule has 17 heavy (non-hydrogen) atoms. The minimum absolute atomic E-state index is 0.303. The summed E-state index contributed by atoms with van der Waals surface area (Å²) in [6, 6.07) is 0. The van der Waals surface area contributed by atoms with E-state index >= 15 is 0 Å². The molecule has 0 fully saturated rings. The van der Waals surface area contributed by atoms with Crippen molar-refractivity contribution in [3.8, 4) is 0 Å². The Morgan fingerprint density at radius 1 is 1.00 bits per heavy atom. The molecule has 0 spiro atoms. The highest BCUT2D eigenvalue weighted by molar-refractivity contribution is 7.80. The van der Waals surface area contributed by atoms with Crippen LogP contribution in [-0.2, 0) is 0 Å². The lowest BCUT2D eigenvalue weighted by Crippen LogP contribution is -2.40. The second kappa shape index (κ2) is 9.28. The van der Waals surface area contributed by atoms with Crippen LogP contribution in [0.2, 0.25) is 0 Å². The van der Waals surface area contributed by atoms with Gasteiger partial charge in [0.15, 0.2) is 5.11 Å². The molecule has 0 bridgehead atoms. The maximum Gasteiger partial charge on any atom is 0.182 e. The van der Waals surface area contributed by atoms with Crippen LogP contribution >= 0.6 is 12.2 Å². The van der Waals surface area contributed by atoms with Crippen LogP contribution in [0.15, 0.2) is 11.8 Å². The molecule has 98 valence electrons. The Hall–Kier alpha value is -0.770. The summed E-state index contributed by atoms with van der Waals surface area (Å²) in [5.41, 5.74) is 12.6. The van der Waals surface area contributed by atoms with Crippen LogP contribution in [0.3, 0.4) is 0 Å². The number of hydrazine groups is 1. The summed E-state index contributed by atoms with van der Waals surface area (Å²) in [6.07, 6.45) is 15.3. The maximum atomic E-state index is 5.41. The van der Waals surface area contributed by atoms with Crippen molar-refractivity contribution in [2.45, 2.75) is 64.2 Å². The van der Waals surface area contributed by atoms with Gasteiger partial charge >= 0.3 is 0 Å². The molecule has 0 aromatic heterocycles. The van der Waals surface area contributed by atoms with E-state index in [2.05, 4.69) is 16.9 Å². The van der Waals surface area contributed by atoms with E-state index in [1.807, 2.05) is 0 Å². The van der Waals surface area contributed by atoms with Crippen LogP contribution in [-0.4, -0.2) is 5.11 Å². The standard InChI is InChI=1S/C13H25N3S/c14-13(17)16-15-12-10-8-6-4-2-1-3-5-7-9-11-12/h10,15H,1-9,11H2,(H3,14,16,17). The Kier molecular flexibility index (Phi) is 7.80. The minimum Gasteiger partial charge on any atom is -0.375 e. The van der Waals surface area contributed by atoms with E-state index < -0.39 is 0 Å². The Bertz CT molecular complexity index is 251. The van der Waals surface area contributed by atoms with Gasteiger partial charge in [0.2, 0.25) is 0 Å². The van der Waals surface area contributed by atoms with E-state index in [1.165, 1.54) is 57.1 Å². The van der Waals surface area contributed by atoms with E-state index in [-0.39, 0.29) is 0 Å². The van der Waals surface area contributed by atoms with Crippen LogP contribution in [0.1, 0.15) is 64.2 Å². The van der Waals surface area contributed by atoms with E-state index in [0.29, 0.717) is 5.11 Å². The minimum atomic E-state index is 0.303. The van der Waals surface area contributed by atoms with E-state index in [1.54, 1.807) is 0 Å². The first-order valence-electron chi connectivity index (χ1n) is 6.79. The van der Waals surface area contributed by atoms with Crippen LogP contribution in [0.5, 0.6) is 0 Å². The number of hydrogen-bond donors (Lipinski definition) is 3. The summed E-state index contributed by atoms with van der Waals surface area (Å²) in [6.45, 7) is 0. The Morgan fingerprint density at radius 2 is 1.59 bits per heavy atom. The van der Waals surface area contributed by atoms with Crippen molar-refractivity contribution in [3.63, 3.8) is 0 Å². The molecule has 0 amide bonds. The lowest BCUT2D eigenvalue weighted by Gasteiger charge is -2.13. The first kappa shape index (κ1) is 14.3. The van der Waals surface area contributed by atoms with Gasteiger partial charge in [-0.25, -0.2) is 0 Å². The lowest BCUT2D eigenvalue weighted by atomic mass is 10.0. The number of thiocarbonyl (C=S) groups is 1. The fraction of sp³-hybridized carbons (Fsp3) is 0.769. The maximum absolute atomic E-state index is 5.41. The van der Waals surface area contributed by atoms with E-state index in [4.69, 9.17) is 18.0 Å². The van der Waals surface area contributed by atoms with Gasteiger partial charge in [0.25, 0.3) is 0 Å². The van der Waals surface area contributed by atoms with Crippen molar-refractivity contribution in [1.82, 2.24) is 10.9 Å². The smallest absolute Gasteiger partial charge is 0.182 e. The second-order valence-electron chi connectivity index (χ2n) is 4.71. The average Bonchev–Trinajstić information content (AvgIpc) is 2.28. The highest BCUT2D eigenvalue weighted by Crippen LogP contribution is 2.15. The number of hydrogen-bond acceptors (Lipinski definition) is 2. The molecule has 3 nitrogen and oxygen atoms in total. The van der Waals surface area contributed by atoms with E-state index in [9.17, 15) is 0 Å². The average molecular weight is 255 g/mol. The van der Waals surface area contributed by atoms with Gasteiger partial charge in [-0.1, -0.05) is 44.6 Å². The normalized spacial score (nSPS) is 19.4. The first-order valence-corrected chi connectivity index (χ1v) is 7.20. The third-order valence-corrected chi connectivity index (χ3v) is 3.24. The molecule has 0 aromatic rings. The summed E-state index contributed by atoms with van der Waals surface area (Å²) in [4.78, 5) is 0. The highest BCUT2D eigenvalue weighted by Gasteiger charge is 2.00. The van der Waals surface area contributed by atoms with Gasteiger partial charge in [0, 0.05) is 5.70 Å². The van der Waals surface area contributed by atoms with Crippen LogP contribution in [0, 0.1) is 0 Å². The number of allylic oxidation sites excluding steroid dienone is 2. The zero-order chi connectivity index (χ0) is 12.3. The molecule has 0 aliphatic heterocycles. The molecule has 0 unspecified atom stereocenters. The Balaban J connectivity index is 2.36. The Labute approximate surface area is 110 Å². The molecule has 0 saturated carbocycles. The summed E-state index contributed by atoms with van der Waals surface area (Å²) in [7, 11) is 0. The highest BCUT2D eigenvalue weighted by atomic mass is 32.1. The number of nitrogens with one attached hydrogen (secondary N) is 2. The van der Waals surface area contributed by atoms with Gasteiger partial charge < -0.3 is 11.2 Å². The van der Waals surface area contributed by atoms with Crippen LogP contribution in [0.25, 0.3) is 0 Å². The van der Waals surface area contributed by atoms with Crippen LogP contribution in [0.4, 0.5) is 0 Å². The molecule has 1 aliphatic rings. The topological polar surface area (TPSA) is 50.1 Å². The molecular weight excluding hydrogens is 230 g/mol. The van der Waals surface area contributed by atoms with Crippen molar-refractivity contribution >= 4 is 17.3 Å². The molecule has 0 radical (unpaired) electrons. The fourth-order valence-corrected chi connectivity index (χ4v) is 2.21. The SMILES string of the molecule is NC(=S)NNC1=CCCCCCCCCCC1. The molecule has 4 heteroatoms. The third kappa shape index (κ3) is 8.02. The van der Waals surface area contributed by atoms with Crippen molar-refractivity contribution in [2.75, 3.05) is 0 Å². The number of nitrogens with two attached hydrogens (primary N) is 1. The van der Waals surface area contributed by atoms with Gasteiger partial charge in [-0.3, -0.25) is 5.43 Å². The molecule has 1 aliphatic carbocycles. The summed E-state index contributed by atoms with van der Waals surface area (Å²) in [5.74, 6) is 0. The third-order valence-electron chi connectivity index (χ3n) is 3.14.